The van der Waals surface area contributed by atoms with Gasteiger partial charge in [0.15, 0.2) is 17.7 Å². The van der Waals surface area contributed by atoms with Crippen LogP contribution in [0, 0.1) is 19.7 Å². The number of hydrogen-bond donors (Lipinski definition) is 0. The predicted molar refractivity (Wildman–Crippen MR) is 59.2 cm³/mol. The molecular formula is C12H13FN2O2. The van der Waals surface area contributed by atoms with Crippen molar-refractivity contribution in [2.24, 2.45) is 0 Å². The van der Waals surface area contributed by atoms with Gasteiger partial charge in [-0.3, -0.25) is 0 Å². The summed E-state index contributed by atoms with van der Waals surface area (Å²) in [6.07, 6.45) is -0.479. The minimum absolute atomic E-state index is 0.188. The van der Waals surface area contributed by atoms with Crippen LogP contribution in [0.25, 0.3) is 0 Å². The summed E-state index contributed by atoms with van der Waals surface area (Å²) in [5.41, 5.74) is 0.538. The van der Waals surface area contributed by atoms with Crippen molar-refractivity contribution in [3.63, 3.8) is 0 Å². The van der Waals surface area contributed by atoms with E-state index in [1.54, 1.807) is 39.0 Å². The second-order valence-corrected chi connectivity index (χ2v) is 3.81. The first-order chi connectivity index (χ1) is 8.08. The highest BCUT2D eigenvalue weighted by atomic mass is 19.1. The van der Waals surface area contributed by atoms with Crippen LogP contribution < -0.4 is 4.74 Å². The zero-order chi connectivity index (χ0) is 12.4. The van der Waals surface area contributed by atoms with Crippen molar-refractivity contribution in [2.75, 3.05) is 0 Å². The molecule has 0 spiro atoms. The highest BCUT2D eigenvalue weighted by Crippen LogP contribution is 2.25. The van der Waals surface area contributed by atoms with E-state index in [2.05, 4.69) is 10.2 Å². The number of aryl methyl sites for hydroxylation is 2. The van der Waals surface area contributed by atoms with Gasteiger partial charge in [-0.05, 0) is 25.5 Å². The lowest BCUT2D eigenvalue weighted by atomic mass is 10.2. The number of rotatable bonds is 3. The Kier molecular flexibility index (Phi) is 3.08. The molecule has 4 nitrogen and oxygen atoms in total. The summed E-state index contributed by atoms with van der Waals surface area (Å²) in [5.74, 6) is 0.618. The van der Waals surface area contributed by atoms with Crippen LogP contribution in [0.15, 0.2) is 22.6 Å². The smallest absolute Gasteiger partial charge is 0.256 e. The Balaban J connectivity index is 2.18. The first-order valence-electron chi connectivity index (χ1n) is 5.29. The maximum absolute atomic E-state index is 13.7. The molecule has 0 fully saturated rings. The summed E-state index contributed by atoms with van der Waals surface area (Å²) in [6.45, 7) is 5.11. The van der Waals surface area contributed by atoms with Gasteiger partial charge in [0.1, 0.15) is 0 Å². The average Bonchev–Trinajstić information content (AvgIpc) is 2.72. The van der Waals surface area contributed by atoms with Gasteiger partial charge in [-0.2, -0.15) is 0 Å². The van der Waals surface area contributed by atoms with Crippen molar-refractivity contribution in [3.8, 4) is 5.75 Å². The van der Waals surface area contributed by atoms with Crippen molar-refractivity contribution >= 4 is 0 Å². The standard InChI is InChI=1S/C12H13FN2O2/c1-7-5-4-6-10(11(7)13)16-8(2)12-15-14-9(3)17-12/h4-6,8H,1-3H3/t8-/m0/s1. The van der Waals surface area contributed by atoms with Gasteiger partial charge in [0.25, 0.3) is 5.89 Å². The molecule has 0 saturated carbocycles. The Labute approximate surface area is 98.4 Å². The molecule has 0 radical (unpaired) electrons. The summed E-state index contributed by atoms with van der Waals surface area (Å²) in [4.78, 5) is 0. The van der Waals surface area contributed by atoms with Gasteiger partial charge in [0, 0.05) is 6.92 Å². The van der Waals surface area contributed by atoms with Gasteiger partial charge in [-0.25, -0.2) is 4.39 Å². The van der Waals surface area contributed by atoms with Crippen LogP contribution in [0.2, 0.25) is 0 Å². The summed E-state index contributed by atoms with van der Waals surface area (Å²) in [7, 11) is 0. The van der Waals surface area contributed by atoms with Gasteiger partial charge in [0.2, 0.25) is 5.89 Å². The molecule has 5 heteroatoms. The molecule has 1 heterocycles. The van der Waals surface area contributed by atoms with Crippen LogP contribution in [-0.2, 0) is 0 Å². The van der Waals surface area contributed by atoms with Crippen LogP contribution in [0.4, 0.5) is 4.39 Å². The number of aromatic nitrogens is 2. The molecule has 0 aliphatic carbocycles. The van der Waals surface area contributed by atoms with E-state index in [1.165, 1.54) is 0 Å². The zero-order valence-corrected chi connectivity index (χ0v) is 9.90. The lowest BCUT2D eigenvalue weighted by Crippen LogP contribution is -2.05. The number of ether oxygens (including phenoxy) is 1. The fraction of sp³-hybridized carbons (Fsp3) is 0.333. The topological polar surface area (TPSA) is 48.2 Å². The van der Waals surface area contributed by atoms with E-state index in [1.807, 2.05) is 0 Å². The molecule has 1 aromatic carbocycles. The molecule has 2 rings (SSSR count). The van der Waals surface area contributed by atoms with Crippen LogP contribution >= 0.6 is 0 Å². The van der Waals surface area contributed by atoms with Gasteiger partial charge in [0.05, 0.1) is 0 Å². The normalized spacial score (nSPS) is 12.5. The van der Waals surface area contributed by atoms with Crippen molar-refractivity contribution in [3.05, 3.63) is 41.4 Å². The molecule has 2 aromatic rings. The Morgan fingerprint density at radius 2 is 2.06 bits per heavy atom. The molecule has 90 valence electrons. The fourth-order valence-electron chi connectivity index (χ4n) is 1.43. The third kappa shape index (κ3) is 2.43. The number of halogens is 1. The monoisotopic (exact) mass is 236 g/mol. The second-order valence-electron chi connectivity index (χ2n) is 3.81. The average molecular weight is 236 g/mol. The Hall–Kier alpha value is -1.91. The molecule has 0 bridgehead atoms. The minimum Gasteiger partial charge on any atom is -0.478 e. The first kappa shape index (κ1) is 11.6. The van der Waals surface area contributed by atoms with E-state index >= 15 is 0 Å². The highest BCUT2D eigenvalue weighted by Gasteiger charge is 2.16. The zero-order valence-electron chi connectivity index (χ0n) is 9.90. The summed E-state index contributed by atoms with van der Waals surface area (Å²) in [6, 6.07) is 4.99. The second kappa shape index (κ2) is 4.53. The molecular weight excluding hydrogens is 223 g/mol. The first-order valence-corrected chi connectivity index (χ1v) is 5.29. The lowest BCUT2D eigenvalue weighted by molar-refractivity contribution is 0.179. The van der Waals surface area contributed by atoms with Gasteiger partial charge in [-0.15, -0.1) is 10.2 Å². The Bertz CT molecular complexity index is 525. The molecule has 1 aromatic heterocycles. The summed E-state index contributed by atoms with van der Waals surface area (Å²) in [5, 5.41) is 7.53. The number of benzene rings is 1. The van der Waals surface area contributed by atoms with E-state index < -0.39 is 6.10 Å². The molecule has 0 saturated heterocycles. The van der Waals surface area contributed by atoms with Crippen LogP contribution in [0.5, 0.6) is 5.75 Å². The van der Waals surface area contributed by atoms with Crippen molar-refractivity contribution in [1.82, 2.24) is 10.2 Å². The molecule has 0 amide bonds. The van der Waals surface area contributed by atoms with Crippen molar-refractivity contribution < 1.29 is 13.5 Å². The highest BCUT2D eigenvalue weighted by molar-refractivity contribution is 5.30. The molecule has 17 heavy (non-hydrogen) atoms. The Morgan fingerprint density at radius 3 is 2.71 bits per heavy atom. The summed E-state index contributed by atoms with van der Waals surface area (Å²) < 4.78 is 24.4. The van der Waals surface area contributed by atoms with Crippen molar-refractivity contribution in [2.45, 2.75) is 26.9 Å². The minimum atomic E-state index is -0.479. The van der Waals surface area contributed by atoms with Crippen LogP contribution in [0.3, 0.4) is 0 Å². The van der Waals surface area contributed by atoms with E-state index in [0.717, 1.165) is 0 Å². The number of nitrogens with zero attached hydrogens (tertiary/aromatic N) is 2. The van der Waals surface area contributed by atoms with E-state index in [4.69, 9.17) is 9.15 Å². The molecule has 0 unspecified atom stereocenters. The molecule has 0 aliphatic heterocycles. The maximum Gasteiger partial charge on any atom is 0.256 e. The Morgan fingerprint density at radius 1 is 1.29 bits per heavy atom. The fourth-order valence-corrected chi connectivity index (χ4v) is 1.43. The SMILES string of the molecule is Cc1nnc([C@H](C)Oc2cccc(C)c2F)o1. The lowest BCUT2D eigenvalue weighted by Gasteiger charge is -2.12. The maximum atomic E-state index is 13.7. The quantitative estimate of drug-likeness (QED) is 0.822. The summed E-state index contributed by atoms with van der Waals surface area (Å²) >= 11 is 0. The van der Waals surface area contributed by atoms with E-state index in [0.29, 0.717) is 17.3 Å². The van der Waals surface area contributed by atoms with Gasteiger partial charge >= 0.3 is 0 Å². The third-order valence-corrected chi connectivity index (χ3v) is 2.35. The predicted octanol–water partition coefficient (Wildman–Crippen LogP) is 2.97. The van der Waals surface area contributed by atoms with E-state index in [-0.39, 0.29) is 11.6 Å². The van der Waals surface area contributed by atoms with Crippen LogP contribution in [0.1, 0.15) is 30.4 Å². The van der Waals surface area contributed by atoms with Gasteiger partial charge < -0.3 is 9.15 Å². The van der Waals surface area contributed by atoms with Crippen LogP contribution in [-0.4, -0.2) is 10.2 Å². The van der Waals surface area contributed by atoms with Gasteiger partial charge in [-0.1, -0.05) is 12.1 Å². The molecule has 1 atom stereocenters. The molecule has 0 aliphatic rings. The largest absolute Gasteiger partial charge is 0.478 e. The number of hydrogen-bond acceptors (Lipinski definition) is 4. The third-order valence-electron chi connectivity index (χ3n) is 2.35. The van der Waals surface area contributed by atoms with E-state index in [9.17, 15) is 4.39 Å². The molecule has 0 N–H and O–H groups in total. The van der Waals surface area contributed by atoms with Crippen molar-refractivity contribution in [1.29, 1.82) is 0 Å².